The van der Waals surface area contributed by atoms with Gasteiger partial charge in [-0.1, -0.05) is 41.7 Å². The molecule has 0 radical (unpaired) electrons. The molecule has 0 N–H and O–H groups in total. The molecular weight excluding hydrogens is 392 g/mol. The first kappa shape index (κ1) is 21.1. The number of hydrogen-bond acceptors (Lipinski definition) is 7. The summed E-state index contributed by atoms with van der Waals surface area (Å²) in [5, 5.41) is 0.309. The van der Waals surface area contributed by atoms with Gasteiger partial charge in [0.05, 0.1) is 31.3 Å². The standard InChI is InChI=1S/C18H21ClN2O5S/c1-3-25-16(22)15-14(11-19)20-17(27-15)21(9-10-24-2)18(23)26-12-13-7-5-4-6-8-13/h4-8H,3,9-12H2,1-2H3. The second-order valence-electron chi connectivity index (χ2n) is 5.31. The van der Waals surface area contributed by atoms with E-state index < -0.39 is 12.1 Å². The first-order valence-electron chi connectivity index (χ1n) is 8.30. The van der Waals surface area contributed by atoms with E-state index in [1.165, 1.54) is 12.0 Å². The van der Waals surface area contributed by atoms with Gasteiger partial charge in [-0.3, -0.25) is 4.90 Å². The van der Waals surface area contributed by atoms with Gasteiger partial charge in [0, 0.05) is 7.11 Å². The highest BCUT2D eigenvalue weighted by atomic mass is 35.5. The second kappa shape index (κ2) is 10.9. The average Bonchev–Trinajstić information content (AvgIpc) is 3.12. The highest BCUT2D eigenvalue weighted by molar-refractivity contribution is 7.17. The average molecular weight is 413 g/mol. The number of halogens is 1. The van der Waals surface area contributed by atoms with Crippen molar-refractivity contribution in [3.63, 3.8) is 0 Å². The normalized spacial score (nSPS) is 10.5. The summed E-state index contributed by atoms with van der Waals surface area (Å²) in [6.45, 7) is 2.58. The quantitative estimate of drug-likeness (QED) is 0.460. The lowest BCUT2D eigenvalue weighted by Crippen LogP contribution is -2.34. The lowest BCUT2D eigenvalue weighted by Gasteiger charge is -2.19. The molecule has 1 aromatic heterocycles. The van der Waals surface area contributed by atoms with Gasteiger partial charge in [0.1, 0.15) is 11.5 Å². The van der Waals surface area contributed by atoms with Crippen molar-refractivity contribution in [3.8, 4) is 0 Å². The number of thiazole rings is 1. The van der Waals surface area contributed by atoms with E-state index in [4.69, 9.17) is 25.8 Å². The number of nitrogens with zero attached hydrogens (tertiary/aromatic N) is 2. The predicted octanol–water partition coefficient (Wildman–Crippen LogP) is 3.85. The summed E-state index contributed by atoms with van der Waals surface area (Å²) < 4.78 is 15.5. The summed E-state index contributed by atoms with van der Waals surface area (Å²) in [5.74, 6) is -0.483. The van der Waals surface area contributed by atoms with Crippen molar-refractivity contribution in [2.24, 2.45) is 0 Å². The molecule has 0 aliphatic rings. The third-order valence-corrected chi connectivity index (χ3v) is 4.80. The largest absolute Gasteiger partial charge is 0.462 e. The number of aromatic nitrogens is 1. The van der Waals surface area contributed by atoms with E-state index >= 15 is 0 Å². The van der Waals surface area contributed by atoms with E-state index in [0.29, 0.717) is 10.8 Å². The van der Waals surface area contributed by atoms with E-state index in [9.17, 15) is 9.59 Å². The lowest BCUT2D eigenvalue weighted by atomic mass is 10.2. The van der Waals surface area contributed by atoms with Crippen molar-refractivity contribution < 1.29 is 23.8 Å². The van der Waals surface area contributed by atoms with Crippen LogP contribution in [-0.2, 0) is 26.7 Å². The Balaban J connectivity index is 2.19. The number of methoxy groups -OCH3 is 1. The molecule has 0 atom stereocenters. The molecular formula is C18H21ClN2O5S. The molecule has 27 heavy (non-hydrogen) atoms. The zero-order valence-electron chi connectivity index (χ0n) is 15.1. The SMILES string of the molecule is CCOC(=O)c1sc(N(CCOC)C(=O)OCc2ccccc2)nc1CCl. The van der Waals surface area contributed by atoms with Crippen LogP contribution in [0.3, 0.4) is 0 Å². The number of carbonyl (C=O) groups is 2. The fourth-order valence-electron chi connectivity index (χ4n) is 2.15. The highest BCUT2D eigenvalue weighted by Gasteiger charge is 2.26. The van der Waals surface area contributed by atoms with Crippen LogP contribution in [0.25, 0.3) is 0 Å². The van der Waals surface area contributed by atoms with Gasteiger partial charge in [0.15, 0.2) is 5.13 Å². The number of ether oxygens (including phenoxy) is 3. The van der Waals surface area contributed by atoms with Crippen molar-refractivity contribution in [2.75, 3.05) is 31.8 Å². The molecule has 0 saturated carbocycles. The lowest BCUT2D eigenvalue weighted by molar-refractivity contribution is 0.0531. The van der Waals surface area contributed by atoms with Crippen LogP contribution in [0.15, 0.2) is 30.3 Å². The molecule has 0 fully saturated rings. The van der Waals surface area contributed by atoms with Crippen LogP contribution in [0.5, 0.6) is 0 Å². The first-order valence-corrected chi connectivity index (χ1v) is 9.65. The Labute approximate surface area is 166 Å². The Morgan fingerprint density at radius 3 is 2.59 bits per heavy atom. The number of esters is 1. The zero-order valence-corrected chi connectivity index (χ0v) is 16.7. The summed E-state index contributed by atoms with van der Waals surface area (Å²) in [6.07, 6.45) is -0.582. The second-order valence-corrected chi connectivity index (χ2v) is 6.56. The van der Waals surface area contributed by atoms with E-state index in [1.807, 2.05) is 30.3 Å². The first-order chi connectivity index (χ1) is 13.1. The minimum absolute atomic E-state index is 0.0296. The topological polar surface area (TPSA) is 78.0 Å². The van der Waals surface area contributed by atoms with Crippen molar-refractivity contribution in [2.45, 2.75) is 19.4 Å². The predicted molar refractivity (Wildman–Crippen MR) is 103 cm³/mol. The van der Waals surface area contributed by atoms with Gasteiger partial charge < -0.3 is 14.2 Å². The van der Waals surface area contributed by atoms with Gasteiger partial charge in [-0.15, -0.1) is 11.6 Å². The van der Waals surface area contributed by atoms with E-state index in [1.54, 1.807) is 6.92 Å². The van der Waals surface area contributed by atoms with Gasteiger partial charge in [-0.2, -0.15) is 0 Å². The summed E-state index contributed by atoms with van der Waals surface area (Å²) in [4.78, 5) is 30.6. The molecule has 1 amide bonds. The highest BCUT2D eigenvalue weighted by Crippen LogP contribution is 2.29. The maximum absolute atomic E-state index is 12.6. The van der Waals surface area contributed by atoms with Gasteiger partial charge in [-0.05, 0) is 12.5 Å². The number of carbonyl (C=O) groups excluding carboxylic acids is 2. The third kappa shape index (κ3) is 5.92. The molecule has 7 nitrogen and oxygen atoms in total. The van der Waals surface area contributed by atoms with Crippen molar-refractivity contribution in [1.82, 2.24) is 4.98 Å². The molecule has 0 saturated heterocycles. The molecule has 1 heterocycles. The van der Waals surface area contributed by atoms with Crippen molar-refractivity contribution in [3.05, 3.63) is 46.5 Å². The van der Waals surface area contributed by atoms with Crippen LogP contribution < -0.4 is 4.90 Å². The minimum Gasteiger partial charge on any atom is -0.462 e. The zero-order chi connectivity index (χ0) is 19.6. The molecule has 146 valence electrons. The Hall–Kier alpha value is -2.16. The van der Waals surface area contributed by atoms with Gasteiger partial charge >= 0.3 is 12.1 Å². The van der Waals surface area contributed by atoms with Crippen molar-refractivity contribution in [1.29, 1.82) is 0 Å². The molecule has 0 unspecified atom stereocenters. The number of amides is 1. The number of alkyl halides is 1. The Bertz CT molecular complexity index is 753. The van der Waals surface area contributed by atoms with Crippen LogP contribution in [0.4, 0.5) is 9.93 Å². The number of rotatable bonds is 9. The van der Waals surface area contributed by atoms with Gasteiger partial charge in [0.25, 0.3) is 0 Å². The maximum Gasteiger partial charge on any atom is 0.416 e. The van der Waals surface area contributed by atoms with Crippen LogP contribution in [0.1, 0.15) is 27.9 Å². The summed E-state index contributed by atoms with van der Waals surface area (Å²) >= 11 is 6.94. The maximum atomic E-state index is 12.6. The van der Waals surface area contributed by atoms with Crippen LogP contribution in [0.2, 0.25) is 0 Å². The fraction of sp³-hybridized carbons (Fsp3) is 0.389. The molecule has 2 aromatic rings. The summed E-state index contributed by atoms with van der Waals surface area (Å²) in [6, 6.07) is 9.34. The van der Waals surface area contributed by atoms with Crippen LogP contribution in [-0.4, -0.2) is 43.9 Å². The molecule has 1 aromatic carbocycles. The van der Waals surface area contributed by atoms with E-state index in [-0.39, 0.29) is 37.1 Å². The molecule has 9 heteroatoms. The summed E-state index contributed by atoms with van der Waals surface area (Å²) in [7, 11) is 1.53. The number of anilines is 1. The molecule has 0 aliphatic carbocycles. The number of benzene rings is 1. The van der Waals surface area contributed by atoms with Gasteiger partial charge in [-0.25, -0.2) is 14.6 Å². The summed E-state index contributed by atoms with van der Waals surface area (Å²) in [5.41, 5.74) is 1.23. The Morgan fingerprint density at radius 2 is 1.96 bits per heavy atom. The molecule has 0 bridgehead atoms. The third-order valence-electron chi connectivity index (χ3n) is 3.45. The van der Waals surface area contributed by atoms with Crippen LogP contribution in [0, 0.1) is 0 Å². The Morgan fingerprint density at radius 1 is 1.22 bits per heavy atom. The Kier molecular flexibility index (Phi) is 8.50. The fourth-order valence-corrected chi connectivity index (χ4v) is 3.41. The smallest absolute Gasteiger partial charge is 0.416 e. The van der Waals surface area contributed by atoms with E-state index in [2.05, 4.69) is 4.98 Å². The van der Waals surface area contributed by atoms with Gasteiger partial charge in [0.2, 0.25) is 0 Å². The molecule has 0 aliphatic heterocycles. The van der Waals surface area contributed by atoms with Crippen molar-refractivity contribution >= 4 is 40.1 Å². The van der Waals surface area contributed by atoms with Crippen LogP contribution >= 0.6 is 22.9 Å². The number of hydrogen-bond donors (Lipinski definition) is 0. The van der Waals surface area contributed by atoms with E-state index in [0.717, 1.165) is 16.9 Å². The molecule has 2 rings (SSSR count). The monoisotopic (exact) mass is 412 g/mol. The minimum atomic E-state index is -0.582. The molecule has 0 spiro atoms.